The number of ether oxygens (including phenoxy) is 1. The van der Waals surface area contributed by atoms with Gasteiger partial charge in [-0.3, -0.25) is 4.79 Å². The molecule has 0 saturated carbocycles. The van der Waals surface area contributed by atoms with Gasteiger partial charge in [0.2, 0.25) is 0 Å². The van der Waals surface area contributed by atoms with Crippen LogP contribution in [0.3, 0.4) is 0 Å². The molecule has 0 N–H and O–H groups in total. The van der Waals surface area contributed by atoms with Gasteiger partial charge >= 0.3 is 0 Å². The minimum atomic E-state index is -0.847. The Bertz CT molecular complexity index is 589. The highest BCUT2D eigenvalue weighted by molar-refractivity contribution is 5.98. The number of Topliss-reactive ketones (excluding diaryl/α,β-unsaturated/α-hetero) is 1. The summed E-state index contributed by atoms with van der Waals surface area (Å²) in [6.45, 7) is 0. The number of hydrogen-bond acceptors (Lipinski definition) is 2. The van der Waals surface area contributed by atoms with Crippen LogP contribution in [0.2, 0.25) is 0 Å². The smallest absolute Gasteiger partial charge is 0.173 e. The third-order valence-electron chi connectivity index (χ3n) is 2.79. The van der Waals surface area contributed by atoms with Gasteiger partial charge in [0.25, 0.3) is 0 Å². The molecular formula is C15H12F2O2. The van der Waals surface area contributed by atoms with Crippen LogP contribution in [0.5, 0.6) is 5.75 Å². The van der Waals surface area contributed by atoms with Gasteiger partial charge in [-0.25, -0.2) is 8.78 Å². The number of hydrogen-bond donors (Lipinski definition) is 0. The second-order valence-electron chi connectivity index (χ2n) is 4.01. The summed E-state index contributed by atoms with van der Waals surface area (Å²) >= 11 is 0. The van der Waals surface area contributed by atoms with Crippen LogP contribution in [0.1, 0.15) is 15.9 Å². The van der Waals surface area contributed by atoms with E-state index in [0.717, 1.165) is 12.1 Å². The van der Waals surface area contributed by atoms with E-state index in [4.69, 9.17) is 4.74 Å². The summed E-state index contributed by atoms with van der Waals surface area (Å²) in [7, 11) is 1.48. The summed E-state index contributed by atoms with van der Waals surface area (Å²) in [4.78, 5) is 12.0. The molecule has 19 heavy (non-hydrogen) atoms. The number of methoxy groups -OCH3 is 1. The van der Waals surface area contributed by atoms with Gasteiger partial charge in [0, 0.05) is 12.0 Å². The van der Waals surface area contributed by atoms with Gasteiger partial charge in [-0.15, -0.1) is 0 Å². The molecule has 0 aromatic heterocycles. The summed E-state index contributed by atoms with van der Waals surface area (Å²) in [5.74, 6) is -1.78. The Morgan fingerprint density at radius 3 is 2.32 bits per heavy atom. The maximum atomic E-state index is 13.5. The average molecular weight is 262 g/mol. The fraction of sp³-hybridized carbons (Fsp3) is 0.133. The van der Waals surface area contributed by atoms with Crippen LogP contribution in [0.4, 0.5) is 8.78 Å². The molecule has 0 spiro atoms. The van der Waals surface area contributed by atoms with Crippen LogP contribution in [0, 0.1) is 11.6 Å². The number of carbonyl (C=O) groups is 1. The lowest BCUT2D eigenvalue weighted by molar-refractivity contribution is 0.0984. The molecule has 2 aromatic carbocycles. The summed E-state index contributed by atoms with van der Waals surface area (Å²) in [6.07, 6.45) is -0.109. The number of carbonyl (C=O) groups excluding carboxylic acids is 1. The fourth-order valence-corrected chi connectivity index (χ4v) is 1.87. The molecular weight excluding hydrogens is 250 g/mol. The first-order valence-electron chi connectivity index (χ1n) is 5.72. The van der Waals surface area contributed by atoms with E-state index in [1.807, 2.05) is 0 Å². The topological polar surface area (TPSA) is 26.3 Å². The highest BCUT2D eigenvalue weighted by Crippen LogP contribution is 2.21. The average Bonchev–Trinajstić information content (AvgIpc) is 2.39. The lowest BCUT2D eigenvalue weighted by Gasteiger charge is -2.08. The monoisotopic (exact) mass is 262 g/mol. The van der Waals surface area contributed by atoms with Crippen LogP contribution in [-0.4, -0.2) is 12.9 Å². The highest BCUT2D eigenvalue weighted by Gasteiger charge is 2.18. The van der Waals surface area contributed by atoms with E-state index in [9.17, 15) is 13.6 Å². The van der Waals surface area contributed by atoms with Crippen molar-refractivity contribution < 1.29 is 18.3 Å². The predicted octanol–water partition coefficient (Wildman–Crippen LogP) is 3.40. The molecule has 2 aromatic rings. The maximum absolute atomic E-state index is 13.5. The molecule has 98 valence electrons. The van der Waals surface area contributed by atoms with Gasteiger partial charge < -0.3 is 4.74 Å². The van der Waals surface area contributed by atoms with Crippen LogP contribution < -0.4 is 4.74 Å². The van der Waals surface area contributed by atoms with Gasteiger partial charge in [-0.2, -0.15) is 0 Å². The Hall–Kier alpha value is -2.23. The van der Waals surface area contributed by atoms with Gasteiger partial charge in [-0.1, -0.05) is 24.3 Å². The molecule has 2 rings (SSSR count). The van der Waals surface area contributed by atoms with Crippen LogP contribution in [0.15, 0.2) is 42.5 Å². The van der Waals surface area contributed by atoms with Crippen molar-refractivity contribution in [2.45, 2.75) is 6.42 Å². The fourth-order valence-electron chi connectivity index (χ4n) is 1.87. The Kier molecular flexibility index (Phi) is 3.90. The van der Waals surface area contributed by atoms with Crippen molar-refractivity contribution in [2.24, 2.45) is 0 Å². The predicted molar refractivity (Wildman–Crippen MR) is 67.4 cm³/mol. The number of rotatable bonds is 4. The molecule has 0 amide bonds. The van der Waals surface area contributed by atoms with E-state index in [1.165, 1.54) is 13.2 Å². The van der Waals surface area contributed by atoms with E-state index < -0.39 is 23.0 Å². The largest absolute Gasteiger partial charge is 0.496 e. The maximum Gasteiger partial charge on any atom is 0.173 e. The minimum Gasteiger partial charge on any atom is -0.496 e. The zero-order valence-corrected chi connectivity index (χ0v) is 10.3. The molecule has 0 atom stereocenters. The molecule has 0 unspecified atom stereocenters. The second kappa shape index (κ2) is 5.61. The molecule has 0 aliphatic carbocycles. The molecule has 0 aliphatic rings. The van der Waals surface area contributed by atoms with Crippen molar-refractivity contribution in [1.29, 1.82) is 0 Å². The Morgan fingerprint density at radius 1 is 1.05 bits per heavy atom. The zero-order chi connectivity index (χ0) is 13.8. The molecule has 0 radical (unpaired) electrons. The van der Waals surface area contributed by atoms with Gasteiger partial charge in [0.15, 0.2) is 5.78 Å². The lowest BCUT2D eigenvalue weighted by Crippen LogP contribution is -2.09. The highest BCUT2D eigenvalue weighted by atomic mass is 19.1. The normalized spacial score (nSPS) is 10.3. The van der Waals surface area contributed by atoms with Crippen molar-refractivity contribution in [2.75, 3.05) is 7.11 Å². The first-order chi connectivity index (χ1) is 9.13. The summed E-state index contributed by atoms with van der Waals surface area (Å²) < 4.78 is 32.1. The quantitative estimate of drug-likeness (QED) is 0.789. The third kappa shape index (κ3) is 2.78. The molecule has 0 aliphatic heterocycles. The summed E-state index contributed by atoms with van der Waals surface area (Å²) in [5.41, 5.74) is 0.0889. The van der Waals surface area contributed by atoms with Gasteiger partial charge in [0.1, 0.15) is 17.4 Å². The number of halogens is 2. The summed E-state index contributed by atoms with van der Waals surface area (Å²) in [6, 6.07) is 10.2. The Balaban J connectivity index is 2.31. The molecule has 0 heterocycles. The molecule has 2 nitrogen and oxygen atoms in total. The van der Waals surface area contributed by atoms with Crippen LogP contribution >= 0.6 is 0 Å². The van der Waals surface area contributed by atoms with Crippen LogP contribution in [0.25, 0.3) is 0 Å². The molecule has 0 bridgehead atoms. The van der Waals surface area contributed by atoms with E-state index in [2.05, 4.69) is 0 Å². The van der Waals surface area contributed by atoms with Gasteiger partial charge in [-0.05, 0) is 18.2 Å². The lowest BCUT2D eigenvalue weighted by atomic mass is 10.0. The van der Waals surface area contributed by atoms with E-state index in [-0.39, 0.29) is 6.42 Å². The van der Waals surface area contributed by atoms with E-state index >= 15 is 0 Å². The van der Waals surface area contributed by atoms with Crippen molar-refractivity contribution in [1.82, 2.24) is 0 Å². The molecule has 0 saturated heterocycles. The number of para-hydroxylation sites is 1. The van der Waals surface area contributed by atoms with Crippen molar-refractivity contribution >= 4 is 5.78 Å². The van der Waals surface area contributed by atoms with Gasteiger partial charge in [0.05, 0.1) is 12.7 Å². The summed E-state index contributed by atoms with van der Waals surface area (Å²) in [5, 5.41) is 0. The van der Waals surface area contributed by atoms with Crippen molar-refractivity contribution in [3.8, 4) is 5.75 Å². The first kappa shape index (κ1) is 13.2. The van der Waals surface area contributed by atoms with Crippen LogP contribution in [-0.2, 0) is 6.42 Å². The van der Waals surface area contributed by atoms with Crippen molar-refractivity contribution in [3.05, 3.63) is 65.2 Å². The zero-order valence-electron chi connectivity index (χ0n) is 10.3. The Morgan fingerprint density at radius 2 is 1.68 bits per heavy atom. The third-order valence-corrected chi connectivity index (χ3v) is 2.79. The molecule has 0 fully saturated rings. The Labute approximate surface area is 109 Å². The SMILES string of the molecule is COc1ccccc1CC(=O)c1c(F)cccc1F. The number of benzene rings is 2. The standard InChI is InChI=1S/C15H12F2O2/c1-19-14-8-3-2-5-10(14)9-13(18)15-11(16)6-4-7-12(15)17/h2-8H,9H2,1H3. The first-order valence-corrected chi connectivity index (χ1v) is 5.72. The van der Waals surface area contributed by atoms with Crippen molar-refractivity contribution in [3.63, 3.8) is 0 Å². The minimum absolute atomic E-state index is 0.109. The van der Waals surface area contributed by atoms with E-state index in [1.54, 1.807) is 24.3 Å². The van der Waals surface area contributed by atoms with E-state index in [0.29, 0.717) is 11.3 Å². The second-order valence-corrected chi connectivity index (χ2v) is 4.01. The number of ketones is 1. The molecule has 4 heteroatoms.